The van der Waals surface area contributed by atoms with Crippen LogP contribution in [0.5, 0.6) is 0 Å². The number of amides is 1. The Morgan fingerprint density at radius 3 is 2.88 bits per heavy atom. The molecule has 1 aromatic heterocycles. The number of carbonyl (C=O) groups excluding carboxylic acids is 1. The summed E-state index contributed by atoms with van der Waals surface area (Å²) in [6.45, 7) is 4.84. The highest BCUT2D eigenvalue weighted by Crippen LogP contribution is 2.59. The highest BCUT2D eigenvalue weighted by atomic mass is 35.5. The van der Waals surface area contributed by atoms with Crippen LogP contribution in [-0.2, 0) is 4.74 Å². The molecule has 1 N–H and O–H groups in total. The second-order valence-electron chi connectivity index (χ2n) is 7.88. The van der Waals surface area contributed by atoms with E-state index in [-0.39, 0.29) is 23.7 Å². The van der Waals surface area contributed by atoms with Crippen molar-refractivity contribution in [3.63, 3.8) is 0 Å². The van der Waals surface area contributed by atoms with Gasteiger partial charge < -0.3 is 15.0 Å². The van der Waals surface area contributed by atoms with E-state index in [4.69, 9.17) is 4.74 Å². The molecule has 1 aliphatic heterocycles. The average molecular weight is 383 g/mol. The second-order valence-corrected chi connectivity index (χ2v) is 7.88. The molecule has 26 heavy (non-hydrogen) atoms. The number of aromatic nitrogens is 2. The van der Waals surface area contributed by atoms with Crippen LogP contribution in [0.15, 0.2) is 12.3 Å². The third kappa shape index (κ3) is 3.16. The summed E-state index contributed by atoms with van der Waals surface area (Å²) in [5.41, 5.74) is 0.776. The summed E-state index contributed by atoms with van der Waals surface area (Å²) >= 11 is 0. The number of rotatable bonds is 5. The summed E-state index contributed by atoms with van der Waals surface area (Å²) in [6.07, 6.45) is 9.16. The van der Waals surface area contributed by atoms with Gasteiger partial charge in [-0.1, -0.05) is 6.42 Å². The SMILES string of the molecule is CCOC1CC(N(C)C(=O)c2ccn(C3CCCNC3)n2)C12CCC2.Cl. The lowest BCUT2D eigenvalue weighted by Gasteiger charge is -2.63. The standard InChI is InChI=1S/C19H30N4O2.ClH/c1-3-25-17-12-16(19(17)8-5-9-19)22(2)18(24)15-7-11-23(21-15)14-6-4-10-20-13-14;/h7,11,14,16-17,20H,3-6,8-10,12-13H2,1-2H3;1H. The van der Waals surface area contributed by atoms with Crippen LogP contribution in [0.25, 0.3) is 0 Å². The van der Waals surface area contributed by atoms with E-state index in [0.717, 1.165) is 39.0 Å². The van der Waals surface area contributed by atoms with Gasteiger partial charge in [-0.2, -0.15) is 5.10 Å². The fourth-order valence-corrected chi connectivity index (χ4v) is 4.98. The normalized spacial score (nSPS) is 29.4. The first-order chi connectivity index (χ1) is 12.2. The molecule has 3 fully saturated rings. The minimum atomic E-state index is 0. The van der Waals surface area contributed by atoms with E-state index >= 15 is 0 Å². The van der Waals surface area contributed by atoms with Gasteiger partial charge in [0.1, 0.15) is 5.69 Å². The molecule has 0 radical (unpaired) electrons. The van der Waals surface area contributed by atoms with Crippen molar-refractivity contribution in [3.8, 4) is 0 Å². The van der Waals surface area contributed by atoms with Crippen LogP contribution in [0.4, 0.5) is 0 Å². The predicted octanol–water partition coefficient (Wildman–Crippen LogP) is 2.65. The zero-order valence-corrected chi connectivity index (χ0v) is 16.6. The molecule has 146 valence electrons. The van der Waals surface area contributed by atoms with Crippen molar-refractivity contribution in [3.05, 3.63) is 18.0 Å². The van der Waals surface area contributed by atoms with Crippen molar-refractivity contribution in [1.29, 1.82) is 0 Å². The summed E-state index contributed by atoms with van der Waals surface area (Å²) in [6, 6.07) is 2.54. The molecule has 1 saturated heterocycles. The molecule has 7 heteroatoms. The number of piperidine rings is 1. The molecule has 3 atom stereocenters. The van der Waals surface area contributed by atoms with Crippen molar-refractivity contribution in [1.82, 2.24) is 20.0 Å². The Labute approximate surface area is 162 Å². The number of carbonyl (C=O) groups is 1. The van der Waals surface area contributed by atoms with Gasteiger partial charge in [-0.25, -0.2) is 0 Å². The molecular weight excluding hydrogens is 352 g/mol. The van der Waals surface area contributed by atoms with E-state index in [1.807, 2.05) is 28.9 Å². The number of hydrogen-bond acceptors (Lipinski definition) is 4. The number of nitrogens with zero attached hydrogens (tertiary/aromatic N) is 3. The molecule has 3 unspecified atom stereocenters. The zero-order valence-electron chi connectivity index (χ0n) is 15.8. The smallest absolute Gasteiger partial charge is 0.274 e. The Hall–Kier alpha value is -1.11. The van der Waals surface area contributed by atoms with Crippen molar-refractivity contribution < 1.29 is 9.53 Å². The minimum absolute atomic E-state index is 0. The monoisotopic (exact) mass is 382 g/mol. The number of hydrogen-bond donors (Lipinski definition) is 1. The Kier molecular flexibility index (Phi) is 5.94. The number of halogens is 1. The van der Waals surface area contributed by atoms with E-state index in [9.17, 15) is 4.79 Å². The summed E-state index contributed by atoms with van der Waals surface area (Å²) < 4.78 is 7.89. The van der Waals surface area contributed by atoms with Crippen molar-refractivity contribution >= 4 is 18.3 Å². The number of nitrogens with one attached hydrogen (secondary N) is 1. The summed E-state index contributed by atoms with van der Waals surface area (Å²) in [7, 11) is 1.94. The average Bonchev–Trinajstić information content (AvgIpc) is 3.06. The van der Waals surface area contributed by atoms with Crippen molar-refractivity contribution in [2.75, 3.05) is 26.7 Å². The maximum atomic E-state index is 13.0. The predicted molar refractivity (Wildman–Crippen MR) is 103 cm³/mol. The summed E-state index contributed by atoms with van der Waals surface area (Å²) in [5, 5.41) is 8.00. The lowest BCUT2D eigenvalue weighted by molar-refractivity contribution is -0.192. The molecule has 3 aliphatic rings. The van der Waals surface area contributed by atoms with Gasteiger partial charge in [0.05, 0.1) is 12.1 Å². The van der Waals surface area contributed by atoms with Gasteiger partial charge in [0.15, 0.2) is 0 Å². The molecule has 4 rings (SSSR count). The van der Waals surface area contributed by atoms with Crippen molar-refractivity contribution in [2.45, 2.75) is 63.6 Å². The van der Waals surface area contributed by atoms with Crippen LogP contribution in [0.2, 0.25) is 0 Å². The Morgan fingerprint density at radius 2 is 2.27 bits per heavy atom. The highest BCUT2D eigenvalue weighted by Gasteiger charge is 2.61. The van der Waals surface area contributed by atoms with Gasteiger partial charge in [-0.05, 0) is 51.6 Å². The van der Waals surface area contributed by atoms with Crippen LogP contribution in [0.3, 0.4) is 0 Å². The quantitative estimate of drug-likeness (QED) is 0.850. The van der Waals surface area contributed by atoms with Gasteiger partial charge >= 0.3 is 0 Å². The Morgan fingerprint density at radius 1 is 1.46 bits per heavy atom. The molecule has 0 bridgehead atoms. The van der Waals surface area contributed by atoms with Crippen LogP contribution in [-0.4, -0.2) is 59.5 Å². The molecule has 2 aliphatic carbocycles. The van der Waals surface area contributed by atoms with Gasteiger partial charge in [0.25, 0.3) is 5.91 Å². The van der Waals surface area contributed by atoms with Crippen molar-refractivity contribution in [2.24, 2.45) is 5.41 Å². The molecule has 6 nitrogen and oxygen atoms in total. The molecule has 2 heterocycles. The number of ether oxygens (including phenoxy) is 1. The first-order valence-electron chi connectivity index (χ1n) is 9.80. The van der Waals surface area contributed by atoms with E-state index < -0.39 is 0 Å². The summed E-state index contributed by atoms with van der Waals surface area (Å²) in [4.78, 5) is 14.9. The largest absolute Gasteiger partial charge is 0.378 e. The van der Waals surface area contributed by atoms with Gasteiger partial charge in [-0.15, -0.1) is 12.4 Å². The maximum Gasteiger partial charge on any atom is 0.274 e. The molecule has 1 amide bonds. The Bertz CT molecular complexity index is 625. The fourth-order valence-electron chi connectivity index (χ4n) is 4.98. The van der Waals surface area contributed by atoms with Crippen LogP contribution >= 0.6 is 12.4 Å². The summed E-state index contributed by atoms with van der Waals surface area (Å²) in [5.74, 6) is 0.0498. The molecule has 0 aromatic carbocycles. The van der Waals surface area contributed by atoms with Gasteiger partial charge in [-0.3, -0.25) is 9.48 Å². The van der Waals surface area contributed by atoms with Gasteiger partial charge in [0, 0.05) is 37.9 Å². The van der Waals surface area contributed by atoms with E-state index in [1.165, 1.54) is 19.3 Å². The molecular formula is C19H31ClN4O2. The first kappa shape index (κ1) is 19.6. The van der Waals surface area contributed by atoms with E-state index in [2.05, 4.69) is 17.3 Å². The highest BCUT2D eigenvalue weighted by molar-refractivity contribution is 5.92. The third-order valence-electron chi connectivity index (χ3n) is 6.65. The second kappa shape index (κ2) is 7.87. The maximum absolute atomic E-state index is 13.0. The minimum Gasteiger partial charge on any atom is -0.378 e. The van der Waals surface area contributed by atoms with E-state index in [0.29, 0.717) is 23.9 Å². The van der Waals surface area contributed by atoms with Crippen LogP contribution in [0.1, 0.15) is 62.0 Å². The van der Waals surface area contributed by atoms with Crippen LogP contribution < -0.4 is 5.32 Å². The first-order valence-corrected chi connectivity index (χ1v) is 9.80. The molecule has 1 spiro atoms. The van der Waals surface area contributed by atoms with Gasteiger partial charge in [0.2, 0.25) is 0 Å². The topological polar surface area (TPSA) is 59.4 Å². The fraction of sp³-hybridized carbons (Fsp3) is 0.789. The zero-order chi connectivity index (χ0) is 17.4. The third-order valence-corrected chi connectivity index (χ3v) is 6.65. The molecule has 1 aromatic rings. The molecule has 2 saturated carbocycles. The lowest BCUT2D eigenvalue weighted by atomic mass is 9.50. The van der Waals surface area contributed by atoms with Crippen LogP contribution in [0, 0.1) is 5.41 Å². The van der Waals surface area contributed by atoms with E-state index in [1.54, 1.807) is 0 Å². The Balaban J connectivity index is 0.00000196. The lowest BCUT2D eigenvalue weighted by Crippen LogP contribution is -2.67.